The molecule has 0 amide bonds. The Morgan fingerprint density at radius 3 is 2.81 bits per heavy atom. The number of fused-ring (bicyclic) bond motifs is 1. The number of rotatable bonds is 3. The van der Waals surface area contributed by atoms with Gasteiger partial charge in [0.2, 0.25) is 0 Å². The maximum Gasteiger partial charge on any atom is 0.183 e. The van der Waals surface area contributed by atoms with Gasteiger partial charge in [-0.2, -0.15) is 10.5 Å². The molecule has 0 aliphatic carbocycles. The van der Waals surface area contributed by atoms with Crippen LogP contribution >= 0.6 is 0 Å². The molecular weight excluding hydrogens is 390 g/mol. The Hall–Kier alpha value is -3.75. The number of anilines is 1. The number of aromatic nitrogens is 3. The molecule has 31 heavy (non-hydrogen) atoms. The first-order chi connectivity index (χ1) is 15.3. The predicted molar refractivity (Wildman–Crippen MR) is 113 cm³/mol. The highest BCUT2D eigenvalue weighted by atomic mass is 16.5. The molecular formula is C23H21N7O. The average molecular weight is 411 g/mol. The maximum absolute atomic E-state index is 9.37. The van der Waals surface area contributed by atoms with E-state index in [1.165, 1.54) is 0 Å². The lowest BCUT2D eigenvalue weighted by atomic mass is 9.91. The third-order valence-electron chi connectivity index (χ3n) is 6.17. The second kappa shape index (κ2) is 8.17. The van der Waals surface area contributed by atoms with Crippen molar-refractivity contribution in [1.29, 1.82) is 10.5 Å². The van der Waals surface area contributed by atoms with E-state index in [0.717, 1.165) is 55.9 Å². The minimum Gasteiger partial charge on any atom is -0.359 e. The molecule has 2 aromatic heterocycles. The molecule has 0 unspecified atom stereocenters. The summed E-state index contributed by atoms with van der Waals surface area (Å²) < 4.78 is 5.78. The molecule has 2 aliphatic rings. The lowest BCUT2D eigenvalue weighted by Gasteiger charge is -2.47. The number of piperidine rings is 1. The van der Waals surface area contributed by atoms with Crippen LogP contribution in [0.3, 0.4) is 0 Å². The van der Waals surface area contributed by atoms with E-state index in [1.54, 1.807) is 18.5 Å². The first kappa shape index (κ1) is 19.2. The lowest BCUT2D eigenvalue weighted by Crippen LogP contribution is -2.56. The zero-order valence-electron chi connectivity index (χ0n) is 17.0. The number of nitrogens with zero attached hydrogens (tertiary/aromatic N) is 7. The molecule has 154 valence electrons. The minimum absolute atomic E-state index is 0.179. The van der Waals surface area contributed by atoms with Crippen molar-refractivity contribution in [2.24, 2.45) is 0 Å². The van der Waals surface area contributed by atoms with E-state index in [2.05, 4.69) is 37.1 Å². The van der Waals surface area contributed by atoms with Crippen LogP contribution in [0.4, 0.5) is 5.82 Å². The van der Waals surface area contributed by atoms with Gasteiger partial charge in [-0.25, -0.2) is 9.97 Å². The molecule has 2 aliphatic heterocycles. The zero-order chi connectivity index (χ0) is 21.2. The van der Waals surface area contributed by atoms with Crippen molar-refractivity contribution in [2.75, 3.05) is 24.5 Å². The molecule has 2 saturated heterocycles. The Bertz CT molecular complexity index is 1170. The SMILES string of the molecule is N#Cc1cccc(-c2cc([C@H]3CCC[C@H]4CN(c5nccnc5C#N)CCN43)on2)c1. The summed E-state index contributed by atoms with van der Waals surface area (Å²) in [6, 6.07) is 14.3. The molecule has 4 heterocycles. The van der Waals surface area contributed by atoms with E-state index in [4.69, 9.17) is 9.78 Å². The van der Waals surface area contributed by atoms with Gasteiger partial charge in [0.1, 0.15) is 11.8 Å². The molecule has 0 spiro atoms. The summed E-state index contributed by atoms with van der Waals surface area (Å²) in [7, 11) is 0. The first-order valence-corrected chi connectivity index (χ1v) is 10.5. The van der Waals surface area contributed by atoms with Gasteiger partial charge < -0.3 is 9.42 Å². The Labute approximate surface area is 180 Å². The Morgan fingerprint density at radius 2 is 1.94 bits per heavy atom. The summed E-state index contributed by atoms with van der Waals surface area (Å²) in [5.41, 5.74) is 2.63. The molecule has 5 rings (SSSR count). The van der Waals surface area contributed by atoms with Gasteiger partial charge in [0, 0.05) is 49.7 Å². The van der Waals surface area contributed by atoms with Crippen molar-refractivity contribution in [3.63, 3.8) is 0 Å². The molecule has 2 atom stereocenters. The molecule has 8 nitrogen and oxygen atoms in total. The smallest absolute Gasteiger partial charge is 0.183 e. The third-order valence-corrected chi connectivity index (χ3v) is 6.17. The van der Waals surface area contributed by atoms with Crippen molar-refractivity contribution in [3.05, 3.63) is 59.7 Å². The molecule has 0 bridgehead atoms. The first-order valence-electron chi connectivity index (χ1n) is 10.5. The van der Waals surface area contributed by atoms with Gasteiger partial charge in [-0.3, -0.25) is 4.90 Å². The molecule has 1 aromatic carbocycles. The van der Waals surface area contributed by atoms with E-state index in [-0.39, 0.29) is 6.04 Å². The Kier molecular flexibility index (Phi) is 5.07. The number of nitriles is 2. The van der Waals surface area contributed by atoms with Gasteiger partial charge in [0.05, 0.1) is 17.7 Å². The normalized spacial score (nSPS) is 21.2. The molecule has 0 radical (unpaired) electrons. The lowest BCUT2D eigenvalue weighted by molar-refractivity contribution is 0.0558. The highest BCUT2D eigenvalue weighted by molar-refractivity contribution is 5.61. The fourth-order valence-corrected chi connectivity index (χ4v) is 4.72. The molecule has 0 N–H and O–H groups in total. The quantitative estimate of drug-likeness (QED) is 0.646. The molecule has 3 aromatic rings. The van der Waals surface area contributed by atoms with Crippen LogP contribution in [0.2, 0.25) is 0 Å². The van der Waals surface area contributed by atoms with E-state index in [1.807, 2.05) is 24.3 Å². The second-order valence-corrected chi connectivity index (χ2v) is 7.93. The van der Waals surface area contributed by atoms with Crippen molar-refractivity contribution in [3.8, 4) is 23.4 Å². The maximum atomic E-state index is 9.37. The van der Waals surface area contributed by atoms with Crippen LogP contribution in [0, 0.1) is 22.7 Å². The summed E-state index contributed by atoms with van der Waals surface area (Å²) in [5, 5.41) is 22.8. The highest BCUT2D eigenvalue weighted by Crippen LogP contribution is 2.38. The standard InChI is InChI=1S/C23H21N7O/c24-13-16-3-1-4-17(11-16)19-12-22(31-28-19)21-6-2-5-18-15-29(9-10-30(18)21)23-20(14-25)26-7-8-27-23/h1,3-4,7-8,11-12,18,21H,2,5-6,9-10,15H2/t18-,21+/m0/s1. The second-order valence-electron chi connectivity index (χ2n) is 7.93. The highest BCUT2D eigenvalue weighted by Gasteiger charge is 2.38. The topological polar surface area (TPSA) is 106 Å². The Morgan fingerprint density at radius 1 is 1.03 bits per heavy atom. The third kappa shape index (κ3) is 3.63. The summed E-state index contributed by atoms with van der Waals surface area (Å²) >= 11 is 0. The molecule has 2 fully saturated rings. The van der Waals surface area contributed by atoms with E-state index in [9.17, 15) is 5.26 Å². The Balaban J connectivity index is 1.36. The van der Waals surface area contributed by atoms with Crippen LogP contribution in [-0.4, -0.2) is 45.7 Å². The van der Waals surface area contributed by atoms with Crippen LogP contribution in [0.25, 0.3) is 11.3 Å². The van der Waals surface area contributed by atoms with Crippen molar-refractivity contribution in [1.82, 2.24) is 20.0 Å². The predicted octanol–water partition coefficient (Wildman–Crippen LogP) is 3.29. The summed E-state index contributed by atoms with van der Waals surface area (Å²) in [6.07, 6.45) is 6.43. The molecule has 8 heteroatoms. The van der Waals surface area contributed by atoms with Gasteiger partial charge in [0.15, 0.2) is 17.3 Å². The summed E-state index contributed by atoms with van der Waals surface area (Å²) in [5.74, 6) is 1.54. The zero-order valence-corrected chi connectivity index (χ0v) is 17.0. The summed E-state index contributed by atoms with van der Waals surface area (Å²) in [4.78, 5) is 13.2. The van der Waals surface area contributed by atoms with Crippen LogP contribution in [0.15, 0.2) is 47.2 Å². The summed E-state index contributed by atoms with van der Waals surface area (Å²) in [6.45, 7) is 2.46. The fraction of sp³-hybridized carbons (Fsp3) is 0.348. The minimum atomic E-state index is 0.179. The van der Waals surface area contributed by atoms with Gasteiger partial charge in [0.25, 0.3) is 0 Å². The van der Waals surface area contributed by atoms with Crippen molar-refractivity contribution < 1.29 is 4.52 Å². The van der Waals surface area contributed by atoms with E-state index >= 15 is 0 Å². The van der Waals surface area contributed by atoms with Crippen LogP contribution < -0.4 is 4.90 Å². The number of hydrogen-bond acceptors (Lipinski definition) is 8. The number of hydrogen-bond donors (Lipinski definition) is 0. The monoisotopic (exact) mass is 411 g/mol. The largest absolute Gasteiger partial charge is 0.359 e. The fourth-order valence-electron chi connectivity index (χ4n) is 4.72. The van der Waals surface area contributed by atoms with E-state index < -0.39 is 0 Å². The van der Waals surface area contributed by atoms with Crippen molar-refractivity contribution >= 4 is 5.82 Å². The van der Waals surface area contributed by atoms with Gasteiger partial charge >= 0.3 is 0 Å². The van der Waals surface area contributed by atoms with Crippen LogP contribution in [-0.2, 0) is 0 Å². The van der Waals surface area contributed by atoms with E-state index in [0.29, 0.717) is 23.1 Å². The van der Waals surface area contributed by atoms with Crippen LogP contribution in [0.5, 0.6) is 0 Å². The molecule has 0 saturated carbocycles. The van der Waals surface area contributed by atoms with Gasteiger partial charge in [-0.1, -0.05) is 17.3 Å². The van der Waals surface area contributed by atoms with Crippen molar-refractivity contribution in [2.45, 2.75) is 31.3 Å². The van der Waals surface area contributed by atoms with Crippen LogP contribution in [0.1, 0.15) is 42.3 Å². The number of piperazine rings is 1. The van der Waals surface area contributed by atoms with Gasteiger partial charge in [-0.05, 0) is 31.4 Å². The van der Waals surface area contributed by atoms with Gasteiger partial charge in [-0.15, -0.1) is 0 Å². The number of benzene rings is 1. The average Bonchev–Trinajstić information content (AvgIpc) is 3.33.